The first-order chi connectivity index (χ1) is 10.0. The summed E-state index contributed by atoms with van der Waals surface area (Å²) in [5, 5.41) is 2.69. The Morgan fingerprint density at radius 2 is 1.62 bits per heavy atom. The van der Waals surface area contributed by atoms with E-state index in [1.54, 1.807) is 0 Å². The lowest BCUT2D eigenvalue weighted by atomic mass is 10.1. The van der Waals surface area contributed by atoms with Crippen molar-refractivity contribution in [2.24, 2.45) is 0 Å². The van der Waals surface area contributed by atoms with E-state index in [1.165, 1.54) is 24.9 Å². The van der Waals surface area contributed by atoms with Crippen molar-refractivity contribution in [2.45, 2.75) is 50.4 Å². The molecule has 1 N–H and O–H groups in total. The van der Waals surface area contributed by atoms with Crippen LogP contribution in [0.5, 0.6) is 0 Å². The molecule has 0 atom stereocenters. The van der Waals surface area contributed by atoms with E-state index in [1.807, 2.05) is 24.3 Å². The van der Waals surface area contributed by atoms with E-state index in [0.29, 0.717) is 0 Å². The molecule has 2 aliphatic rings. The van der Waals surface area contributed by atoms with Gasteiger partial charge in [0.25, 0.3) is 0 Å². The number of hydrogen-bond acceptors (Lipinski definition) is 2. The zero-order valence-electron chi connectivity index (χ0n) is 12.0. The summed E-state index contributed by atoms with van der Waals surface area (Å²) in [5.41, 5.74) is 0.458. The summed E-state index contributed by atoms with van der Waals surface area (Å²) in [6.45, 7) is 2.43. The molecule has 0 spiro atoms. The van der Waals surface area contributed by atoms with Crippen LogP contribution in [0.15, 0.2) is 24.3 Å². The van der Waals surface area contributed by atoms with Gasteiger partial charge in [-0.15, -0.1) is 0 Å². The summed E-state index contributed by atoms with van der Waals surface area (Å²) < 4.78 is 38.5. The van der Waals surface area contributed by atoms with E-state index in [0.717, 1.165) is 18.7 Å². The molecule has 1 aromatic carbocycles. The summed E-state index contributed by atoms with van der Waals surface area (Å²) >= 11 is 0. The van der Waals surface area contributed by atoms with Gasteiger partial charge in [0.15, 0.2) is 0 Å². The number of nitrogens with zero attached hydrogens (tertiary/aromatic N) is 1. The van der Waals surface area contributed by atoms with Crippen molar-refractivity contribution < 1.29 is 13.2 Å². The Hall–Kier alpha value is -1.23. The third kappa shape index (κ3) is 3.18. The lowest BCUT2D eigenvalue weighted by Gasteiger charge is -2.29. The predicted octanol–water partition coefficient (Wildman–Crippen LogP) is 3.86. The first-order valence-electron chi connectivity index (χ1n) is 7.66. The quantitative estimate of drug-likeness (QED) is 0.908. The second-order valence-electron chi connectivity index (χ2n) is 6.15. The summed E-state index contributed by atoms with van der Waals surface area (Å²) in [4.78, 5) is 2.35. The van der Waals surface area contributed by atoms with Crippen LogP contribution in [0.4, 0.5) is 18.9 Å². The number of hydrogen-bond donors (Lipinski definition) is 1. The highest BCUT2D eigenvalue weighted by Crippen LogP contribution is 2.49. The molecule has 1 aromatic rings. The van der Waals surface area contributed by atoms with Crippen LogP contribution in [0.3, 0.4) is 0 Å². The smallest absolute Gasteiger partial charge is 0.372 e. The minimum Gasteiger partial charge on any atom is -0.372 e. The fourth-order valence-corrected chi connectivity index (χ4v) is 2.93. The zero-order valence-corrected chi connectivity index (χ0v) is 12.0. The molecular weight excluding hydrogens is 277 g/mol. The van der Waals surface area contributed by atoms with Crippen LogP contribution in [0.2, 0.25) is 0 Å². The van der Waals surface area contributed by atoms with Crippen LogP contribution in [0.25, 0.3) is 0 Å². The van der Waals surface area contributed by atoms with Gasteiger partial charge in [0.2, 0.25) is 0 Å². The van der Waals surface area contributed by atoms with Crippen molar-refractivity contribution in [2.75, 3.05) is 18.0 Å². The van der Waals surface area contributed by atoms with Crippen molar-refractivity contribution in [3.8, 4) is 0 Å². The fourth-order valence-electron chi connectivity index (χ4n) is 2.93. The molecule has 1 aliphatic heterocycles. The summed E-state index contributed by atoms with van der Waals surface area (Å²) in [6, 6.07) is 7.91. The van der Waals surface area contributed by atoms with Crippen LogP contribution in [0.1, 0.15) is 37.7 Å². The zero-order chi connectivity index (χ0) is 14.9. The molecule has 1 saturated carbocycles. The minimum absolute atomic E-state index is 0.197. The molecule has 1 saturated heterocycles. The molecule has 2 fully saturated rings. The predicted molar refractivity (Wildman–Crippen MR) is 77.4 cm³/mol. The first kappa shape index (κ1) is 14.7. The maximum atomic E-state index is 12.8. The molecule has 1 aliphatic carbocycles. The highest BCUT2D eigenvalue weighted by Gasteiger charge is 2.62. The van der Waals surface area contributed by atoms with E-state index < -0.39 is 11.7 Å². The SMILES string of the molecule is FC(F)(F)C1(NCc2ccc(N3CCCCC3)cc2)CC1. The number of rotatable bonds is 4. The van der Waals surface area contributed by atoms with Gasteiger partial charge in [-0.05, 0) is 49.8 Å². The van der Waals surface area contributed by atoms with Gasteiger partial charge in [-0.3, -0.25) is 5.32 Å². The standard InChI is InChI=1S/C16H21F3N2/c17-16(18,19)15(8-9-15)20-12-13-4-6-14(7-5-13)21-10-2-1-3-11-21/h4-7,20H,1-3,8-12H2. The third-order valence-corrected chi connectivity index (χ3v) is 4.58. The lowest BCUT2D eigenvalue weighted by Crippen LogP contribution is -2.44. The number of benzene rings is 1. The number of piperidine rings is 1. The largest absolute Gasteiger partial charge is 0.406 e. The molecule has 0 bridgehead atoms. The number of nitrogens with one attached hydrogen (secondary N) is 1. The summed E-state index contributed by atoms with van der Waals surface area (Å²) in [7, 11) is 0. The van der Waals surface area contributed by atoms with Gasteiger partial charge in [-0.1, -0.05) is 12.1 Å². The van der Waals surface area contributed by atoms with Crippen molar-refractivity contribution in [3.05, 3.63) is 29.8 Å². The molecule has 0 amide bonds. The second kappa shape index (κ2) is 5.52. The minimum atomic E-state index is -4.14. The van der Waals surface area contributed by atoms with Crippen LogP contribution < -0.4 is 10.2 Å². The Balaban J connectivity index is 1.57. The van der Waals surface area contributed by atoms with Crippen molar-refractivity contribution in [1.29, 1.82) is 0 Å². The molecule has 0 unspecified atom stereocenters. The molecule has 2 nitrogen and oxygen atoms in total. The topological polar surface area (TPSA) is 15.3 Å². The Labute approximate surface area is 123 Å². The van der Waals surface area contributed by atoms with Gasteiger partial charge in [-0.2, -0.15) is 13.2 Å². The van der Waals surface area contributed by atoms with E-state index >= 15 is 0 Å². The molecule has 5 heteroatoms. The molecule has 3 rings (SSSR count). The molecule has 116 valence electrons. The van der Waals surface area contributed by atoms with Crippen LogP contribution in [-0.2, 0) is 6.54 Å². The first-order valence-corrected chi connectivity index (χ1v) is 7.66. The van der Waals surface area contributed by atoms with Gasteiger partial charge >= 0.3 is 6.18 Å². The Morgan fingerprint density at radius 3 is 2.14 bits per heavy atom. The highest BCUT2D eigenvalue weighted by atomic mass is 19.4. The Bertz CT molecular complexity index is 471. The maximum Gasteiger partial charge on any atom is 0.406 e. The van der Waals surface area contributed by atoms with Crippen molar-refractivity contribution in [1.82, 2.24) is 5.32 Å². The third-order valence-electron chi connectivity index (χ3n) is 4.58. The summed E-state index contributed by atoms with van der Waals surface area (Å²) in [5.74, 6) is 0. The van der Waals surface area contributed by atoms with Gasteiger partial charge in [0.05, 0.1) is 0 Å². The van der Waals surface area contributed by atoms with E-state index in [2.05, 4.69) is 10.2 Å². The van der Waals surface area contributed by atoms with Gasteiger partial charge in [-0.25, -0.2) is 0 Å². The Morgan fingerprint density at radius 1 is 1.00 bits per heavy atom. The highest BCUT2D eigenvalue weighted by molar-refractivity contribution is 5.47. The van der Waals surface area contributed by atoms with E-state index in [4.69, 9.17) is 0 Å². The van der Waals surface area contributed by atoms with Crippen molar-refractivity contribution >= 4 is 5.69 Å². The summed E-state index contributed by atoms with van der Waals surface area (Å²) in [6.07, 6.45) is -0.0156. The molecular formula is C16H21F3N2. The van der Waals surface area contributed by atoms with Gasteiger partial charge in [0.1, 0.15) is 5.54 Å². The normalized spacial score (nSPS) is 21.4. The monoisotopic (exact) mass is 298 g/mol. The average Bonchev–Trinajstić information content (AvgIpc) is 3.28. The van der Waals surface area contributed by atoms with Gasteiger partial charge in [0, 0.05) is 25.3 Å². The van der Waals surface area contributed by atoms with Crippen LogP contribution in [-0.4, -0.2) is 24.8 Å². The van der Waals surface area contributed by atoms with E-state index in [-0.39, 0.29) is 19.4 Å². The number of anilines is 1. The van der Waals surface area contributed by atoms with Gasteiger partial charge < -0.3 is 4.90 Å². The number of alkyl halides is 3. The van der Waals surface area contributed by atoms with Crippen LogP contribution >= 0.6 is 0 Å². The molecule has 0 aromatic heterocycles. The molecule has 0 radical (unpaired) electrons. The van der Waals surface area contributed by atoms with E-state index in [9.17, 15) is 13.2 Å². The average molecular weight is 298 g/mol. The number of halogens is 3. The molecule has 1 heterocycles. The van der Waals surface area contributed by atoms with Crippen molar-refractivity contribution in [3.63, 3.8) is 0 Å². The van der Waals surface area contributed by atoms with Crippen LogP contribution in [0, 0.1) is 0 Å². The maximum absolute atomic E-state index is 12.8. The lowest BCUT2D eigenvalue weighted by molar-refractivity contribution is -0.166. The second-order valence-corrected chi connectivity index (χ2v) is 6.15. The Kier molecular flexibility index (Phi) is 3.86. The fraction of sp³-hybridized carbons (Fsp3) is 0.625. The molecule has 21 heavy (non-hydrogen) atoms.